The van der Waals surface area contributed by atoms with E-state index in [4.69, 9.17) is 0 Å². The van der Waals surface area contributed by atoms with Gasteiger partial charge in [-0.1, -0.05) is 92.1 Å². The zero-order chi connectivity index (χ0) is 25.0. The van der Waals surface area contributed by atoms with Crippen molar-refractivity contribution in [2.45, 2.75) is 13.8 Å². The molecule has 0 saturated heterocycles. The summed E-state index contributed by atoms with van der Waals surface area (Å²) < 4.78 is 0. The van der Waals surface area contributed by atoms with Crippen molar-refractivity contribution in [1.29, 1.82) is 0 Å². The van der Waals surface area contributed by atoms with Gasteiger partial charge in [-0.25, -0.2) is 0 Å². The maximum absolute atomic E-state index is 3.81. The van der Waals surface area contributed by atoms with Crippen molar-refractivity contribution in [3.05, 3.63) is 152 Å². The number of anilines is 3. The van der Waals surface area contributed by atoms with Gasteiger partial charge in [-0.3, -0.25) is 0 Å². The molecule has 3 aromatic rings. The topological polar surface area (TPSA) is 6.48 Å². The fraction of sp³-hybridized carbons (Fsp3) is 0.0909. The summed E-state index contributed by atoms with van der Waals surface area (Å²) in [6.07, 6.45) is 15.7. The highest BCUT2D eigenvalue weighted by molar-refractivity contribution is 5.74. The highest BCUT2D eigenvalue weighted by atomic mass is 15.1. The summed E-state index contributed by atoms with van der Waals surface area (Å²) in [5.41, 5.74) is 7.97. The number of benzene rings is 3. The van der Waals surface area contributed by atoms with E-state index >= 15 is 0 Å². The lowest BCUT2D eigenvalue weighted by Crippen LogP contribution is -2.14. The Hall–Kier alpha value is -4.30. The number of hydrogen-bond donors (Lipinski definition) is 0. The largest absolute Gasteiger partial charge is 0.348 e. The molecule has 0 heterocycles. The first-order valence-corrected chi connectivity index (χ1v) is 11.8. The van der Waals surface area contributed by atoms with Crippen LogP contribution in [0.25, 0.3) is 11.1 Å². The Balaban J connectivity index is 1.87. The van der Waals surface area contributed by atoms with Crippen molar-refractivity contribution in [1.82, 2.24) is 0 Å². The summed E-state index contributed by atoms with van der Waals surface area (Å²) in [7, 11) is 2.08. The van der Waals surface area contributed by atoms with Gasteiger partial charge < -0.3 is 9.80 Å². The van der Waals surface area contributed by atoms with Crippen LogP contribution in [-0.4, -0.2) is 7.05 Å². The second-order valence-corrected chi connectivity index (χ2v) is 8.06. The highest BCUT2D eigenvalue weighted by Gasteiger charge is 2.12. The van der Waals surface area contributed by atoms with E-state index in [9.17, 15) is 0 Å². The van der Waals surface area contributed by atoms with E-state index in [1.165, 1.54) is 11.1 Å². The predicted molar refractivity (Wildman–Crippen MR) is 155 cm³/mol. The van der Waals surface area contributed by atoms with Gasteiger partial charge in [0.25, 0.3) is 0 Å². The Bertz CT molecular complexity index is 1220. The molecule has 2 nitrogen and oxygen atoms in total. The molecule has 176 valence electrons. The molecule has 0 aliphatic carbocycles. The number of rotatable bonds is 10. The van der Waals surface area contributed by atoms with Gasteiger partial charge in [0.1, 0.15) is 0 Å². The molecule has 0 N–H and O–H groups in total. The molecule has 0 atom stereocenters. The lowest BCUT2D eigenvalue weighted by atomic mass is 10.0. The summed E-state index contributed by atoms with van der Waals surface area (Å²) in [6, 6.07) is 27.8. The quantitative estimate of drug-likeness (QED) is 0.279. The van der Waals surface area contributed by atoms with Gasteiger partial charge in [0, 0.05) is 35.5 Å². The van der Waals surface area contributed by atoms with E-state index in [2.05, 4.69) is 135 Å². The van der Waals surface area contributed by atoms with Crippen LogP contribution < -0.4 is 9.80 Å². The second kappa shape index (κ2) is 12.8. The Morgan fingerprint density at radius 1 is 0.686 bits per heavy atom. The average Bonchev–Trinajstić information content (AvgIpc) is 2.91. The normalized spacial score (nSPS) is 12.2. The zero-order valence-corrected chi connectivity index (χ0v) is 20.9. The molecule has 0 bridgehead atoms. The Labute approximate surface area is 210 Å². The predicted octanol–water partition coefficient (Wildman–Crippen LogP) is 9.22. The maximum atomic E-state index is 3.81. The van der Waals surface area contributed by atoms with Gasteiger partial charge in [-0.2, -0.15) is 0 Å². The molecule has 0 fully saturated rings. The molecule has 2 heteroatoms. The molecular formula is C33H34N2. The summed E-state index contributed by atoms with van der Waals surface area (Å²) in [4.78, 5) is 4.42. The van der Waals surface area contributed by atoms with Crippen molar-refractivity contribution in [2.24, 2.45) is 0 Å². The van der Waals surface area contributed by atoms with Crippen LogP contribution in [0.5, 0.6) is 0 Å². The number of para-hydroxylation sites is 1. The van der Waals surface area contributed by atoms with E-state index in [1.807, 2.05) is 24.3 Å². The fourth-order valence-corrected chi connectivity index (χ4v) is 3.76. The van der Waals surface area contributed by atoms with Gasteiger partial charge >= 0.3 is 0 Å². The minimum absolute atomic E-state index is 1.09. The van der Waals surface area contributed by atoms with Crippen molar-refractivity contribution in [2.75, 3.05) is 16.8 Å². The van der Waals surface area contributed by atoms with Crippen molar-refractivity contribution in [3.63, 3.8) is 0 Å². The molecule has 0 aliphatic rings. The van der Waals surface area contributed by atoms with Crippen molar-refractivity contribution < 1.29 is 0 Å². The fourth-order valence-electron chi connectivity index (χ4n) is 3.76. The number of nitrogens with zero attached hydrogens (tertiary/aromatic N) is 2. The van der Waals surface area contributed by atoms with E-state index in [-0.39, 0.29) is 0 Å². The number of allylic oxidation sites excluding steroid dienone is 9. The Kier molecular flexibility index (Phi) is 9.27. The summed E-state index contributed by atoms with van der Waals surface area (Å²) in [6.45, 7) is 11.7. The molecule has 0 radical (unpaired) electrons. The van der Waals surface area contributed by atoms with E-state index < -0.39 is 0 Å². The maximum Gasteiger partial charge on any atom is 0.0461 e. The molecule has 0 saturated carbocycles. The molecule has 0 aromatic heterocycles. The Morgan fingerprint density at radius 3 is 1.77 bits per heavy atom. The SMILES string of the molecule is C=C/C=C\C=C(/C)N(C)c1ccc(-c2ccc(N(C(/C=C\C=C)=C/C)c3ccccc3)cc2)cc1. The Morgan fingerprint density at radius 2 is 1.23 bits per heavy atom. The standard InChI is InChI=1S/C33H34N2/c1-6-9-12-15-27(4)34(5)31-23-19-28(20-24-31)29-21-25-33(26-22-29)35(30(8-3)16-10-7-2)32-17-13-11-14-18-32/h6-26H,1-2H2,3-5H3/b12-9-,16-10-,27-15+,30-8+. The van der Waals surface area contributed by atoms with Crippen LogP contribution in [0.15, 0.2) is 152 Å². The lowest BCUT2D eigenvalue weighted by molar-refractivity contribution is 1.09. The van der Waals surface area contributed by atoms with Gasteiger partial charge in [-0.05, 0) is 73.5 Å². The van der Waals surface area contributed by atoms with Crippen LogP contribution in [0, 0.1) is 0 Å². The third-order valence-electron chi connectivity index (χ3n) is 5.80. The minimum Gasteiger partial charge on any atom is -0.348 e. The van der Waals surface area contributed by atoms with E-state index in [0.717, 1.165) is 28.5 Å². The molecule has 0 unspecified atom stereocenters. The van der Waals surface area contributed by atoms with E-state index in [0.29, 0.717) is 0 Å². The smallest absolute Gasteiger partial charge is 0.0461 e. The molecule has 3 aromatic carbocycles. The zero-order valence-electron chi connectivity index (χ0n) is 20.9. The van der Waals surface area contributed by atoms with Crippen LogP contribution in [0.3, 0.4) is 0 Å². The third kappa shape index (κ3) is 6.61. The monoisotopic (exact) mass is 458 g/mol. The molecule has 3 rings (SSSR count). The lowest BCUT2D eigenvalue weighted by Gasteiger charge is -2.26. The van der Waals surface area contributed by atoms with Crippen LogP contribution in [-0.2, 0) is 0 Å². The first-order valence-electron chi connectivity index (χ1n) is 11.8. The van der Waals surface area contributed by atoms with E-state index in [1.54, 1.807) is 12.2 Å². The number of hydrogen-bond acceptors (Lipinski definition) is 2. The van der Waals surface area contributed by atoms with Gasteiger partial charge in [0.05, 0.1) is 0 Å². The van der Waals surface area contributed by atoms with Crippen LogP contribution in [0.1, 0.15) is 13.8 Å². The van der Waals surface area contributed by atoms with Crippen molar-refractivity contribution >= 4 is 17.1 Å². The van der Waals surface area contributed by atoms with Crippen LogP contribution in [0.4, 0.5) is 17.1 Å². The molecule has 0 spiro atoms. The van der Waals surface area contributed by atoms with Crippen molar-refractivity contribution in [3.8, 4) is 11.1 Å². The van der Waals surface area contributed by atoms with Crippen LogP contribution >= 0.6 is 0 Å². The summed E-state index contributed by atoms with van der Waals surface area (Å²) >= 11 is 0. The first-order chi connectivity index (χ1) is 17.1. The molecule has 0 amide bonds. The van der Waals surface area contributed by atoms with Gasteiger partial charge in [-0.15, -0.1) is 0 Å². The molecule has 35 heavy (non-hydrogen) atoms. The molecular weight excluding hydrogens is 424 g/mol. The summed E-state index contributed by atoms with van der Waals surface area (Å²) in [5, 5.41) is 0. The minimum atomic E-state index is 1.09. The second-order valence-electron chi connectivity index (χ2n) is 8.06. The molecule has 0 aliphatic heterocycles. The summed E-state index contributed by atoms with van der Waals surface area (Å²) in [5.74, 6) is 0. The van der Waals surface area contributed by atoms with Gasteiger partial charge in [0.2, 0.25) is 0 Å². The first kappa shape index (κ1) is 25.3. The average molecular weight is 459 g/mol. The highest BCUT2D eigenvalue weighted by Crippen LogP contribution is 2.32. The van der Waals surface area contributed by atoms with Crippen LogP contribution in [0.2, 0.25) is 0 Å². The third-order valence-corrected chi connectivity index (χ3v) is 5.80. The van der Waals surface area contributed by atoms with Gasteiger partial charge in [0.15, 0.2) is 0 Å².